The van der Waals surface area contributed by atoms with Crippen molar-refractivity contribution < 1.29 is 14.3 Å². The van der Waals surface area contributed by atoms with E-state index in [1.165, 1.54) is 0 Å². The van der Waals surface area contributed by atoms with Crippen LogP contribution in [0.1, 0.15) is 43.2 Å². The van der Waals surface area contributed by atoms with Crippen molar-refractivity contribution in [3.05, 3.63) is 64.1 Å². The van der Waals surface area contributed by atoms with Crippen molar-refractivity contribution >= 4 is 33.4 Å². The summed E-state index contributed by atoms with van der Waals surface area (Å²) in [7, 11) is 0. The van der Waals surface area contributed by atoms with Gasteiger partial charge in [0.2, 0.25) is 11.8 Å². The summed E-state index contributed by atoms with van der Waals surface area (Å²) in [4.78, 5) is 27.5. The molecule has 0 aliphatic carbocycles. The van der Waals surface area contributed by atoms with Crippen molar-refractivity contribution in [2.45, 2.75) is 44.1 Å². The van der Waals surface area contributed by atoms with Gasteiger partial charge in [-0.2, -0.15) is 0 Å². The van der Waals surface area contributed by atoms with Crippen LogP contribution in [-0.4, -0.2) is 36.5 Å². The van der Waals surface area contributed by atoms with Crippen molar-refractivity contribution in [1.29, 1.82) is 0 Å². The SMILES string of the molecule is O=C1CCCCN1Cc1cccc(NC(=O)C2(c3ccc(Br)cc3)CCOCC2)c1. The van der Waals surface area contributed by atoms with Crippen LogP contribution in [0.3, 0.4) is 0 Å². The monoisotopic (exact) mass is 470 g/mol. The highest BCUT2D eigenvalue weighted by atomic mass is 79.9. The fourth-order valence-electron chi connectivity index (χ4n) is 4.38. The van der Waals surface area contributed by atoms with Crippen molar-refractivity contribution in [2.75, 3.05) is 25.1 Å². The molecule has 0 unspecified atom stereocenters. The topological polar surface area (TPSA) is 58.6 Å². The zero-order valence-corrected chi connectivity index (χ0v) is 18.6. The van der Waals surface area contributed by atoms with E-state index in [1.807, 2.05) is 53.4 Å². The molecule has 0 atom stereocenters. The highest BCUT2D eigenvalue weighted by Crippen LogP contribution is 2.37. The normalized spacial score (nSPS) is 18.8. The van der Waals surface area contributed by atoms with Gasteiger partial charge in [0.1, 0.15) is 0 Å². The second-order valence-corrected chi connectivity index (χ2v) is 9.04. The molecule has 0 saturated carbocycles. The van der Waals surface area contributed by atoms with Gasteiger partial charge in [0.25, 0.3) is 0 Å². The van der Waals surface area contributed by atoms with Crippen molar-refractivity contribution in [3.8, 4) is 0 Å². The van der Waals surface area contributed by atoms with Gasteiger partial charge in [-0.15, -0.1) is 0 Å². The van der Waals surface area contributed by atoms with E-state index in [0.29, 0.717) is 39.0 Å². The second-order valence-electron chi connectivity index (χ2n) is 8.13. The number of nitrogens with one attached hydrogen (secondary N) is 1. The van der Waals surface area contributed by atoms with Crippen LogP contribution in [0.15, 0.2) is 53.0 Å². The number of piperidine rings is 1. The number of hydrogen-bond acceptors (Lipinski definition) is 3. The molecule has 4 rings (SSSR count). The average Bonchev–Trinajstić information content (AvgIpc) is 2.76. The zero-order chi connectivity index (χ0) is 21.0. The molecule has 2 aliphatic rings. The van der Waals surface area contributed by atoms with Crippen LogP contribution >= 0.6 is 15.9 Å². The Morgan fingerprint density at radius 3 is 2.60 bits per heavy atom. The van der Waals surface area contributed by atoms with E-state index in [9.17, 15) is 9.59 Å². The molecule has 2 aliphatic heterocycles. The van der Waals surface area contributed by atoms with Crippen LogP contribution in [0.25, 0.3) is 0 Å². The maximum atomic E-state index is 13.5. The first-order valence-electron chi connectivity index (χ1n) is 10.6. The third kappa shape index (κ3) is 4.60. The lowest BCUT2D eigenvalue weighted by molar-refractivity contribution is -0.133. The molecular weight excluding hydrogens is 444 g/mol. The van der Waals surface area contributed by atoms with E-state index in [-0.39, 0.29) is 11.8 Å². The molecule has 0 spiro atoms. The van der Waals surface area contributed by atoms with E-state index >= 15 is 0 Å². The minimum absolute atomic E-state index is 0.000628. The molecule has 2 fully saturated rings. The molecular formula is C24H27BrN2O3. The number of anilines is 1. The summed E-state index contributed by atoms with van der Waals surface area (Å²) in [6, 6.07) is 15.8. The Morgan fingerprint density at radius 2 is 1.87 bits per heavy atom. The number of amides is 2. The summed E-state index contributed by atoms with van der Waals surface area (Å²) >= 11 is 3.48. The first kappa shape index (κ1) is 21.1. The van der Waals surface area contributed by atoms with Gasteiger partial charge in [-0.1, -0.05) is 40.2 Å². The highest BCUT2D eigenvalue weighted by molar-refractivity contribution is 9.10. The molecule has 5 nitrogen and oxygen atoms in total. The van der Waals surface area contributed by atoms with Gasteiger partial charge in [0.05, 0.1) is 5.41 Å². The smallest absolute Gasteiger partial charge is 0.235 e. The number of carbonyl (C=O) groups excluding carboxylic acids is 2. The fraction of sp³-hybridized carbons (Fsp3) is 0.417. The third-order valence-electron chi connectivity index (χ3n) is 6.16. The number of halogens is 1. The van der Waals surface area contributed by atoms with Crippen LogP contribution in [0.5, 0.6) is 0 Å². The second kappa shape index (κ2) is 9.31. The lowest BCUT2D eigenvalue weighted by atomic mass is 9.73. The van der Waals surface area contributed by atoms with Crippen LogP contribution in [-0.2, 0) is 26.3 Å². The Morgan fingerprint density at radius 1 is 1.10 bits per heavy atom. The number of likely N-dealkylation sites (tertiary alicyclic amines) is 1. The van der Waals surface area contributed by atoms with Crippen molar-refractivity contribution in [2.24, 2.45) is 0 Å². The van der Waals surface area contributed by atoms with E-state index in [2.05, 4.69) is 21.2 Å². The average molecular weight is 471 g/mol. The van der Waals surface area contributed by atoms with E-state index < -0.39 is 5.41 Å². The summed E-state index contributed by atoms with van der Waals surface area (Å²) in [5.41, 5.74) is 2.22. The first-order valence-corrected chi connectivity index (χ1v) is 11.4. The number of rotatable bonds is 5. The molecule has 2 heterocycles. The molecule has 2 aromatic rings. The van der Waals surface area contributed by atoms with Crippen molar-refractivity contribution in [1.82, 2.24) is 4.90 Å². The van der Waals surface area contributed by atoms with Gasteiger partial charge in [0, 0.05) is 42.9 Å². The largest absolute Gasteiger partial charge is 0.381 e. The van der Waals surface area contributed by atoms with Crippen LogP contribution in [0.2, 0.25) is 0 Å². The Bertz CT molecular complexity index is 907. The standard InChI is InChI=1S/C24H27BrN2O3/c25-20-9-7-19(8-10-20)24(11-14-30-15-12-24)23(29)26-21-5-3-4-18(16-21)17-27-13-2-1-6-22(27)28/h3-5,7-10,16H,1-2,6,11-15,17H2,(H,26,29). The molecule has 6 heteroatoms. The molecule has 2 saturated heterocycles. The number of benzene rings is 2. The molecule has 0 aromatic heterocycles. The van der Waals surface area contributed by atoms with Gasteiger partial charge < -0.3 is 15.0 Å². The maximum Gasteiger partial charge on any atom is 0.235 e. The minimum atomic E-state index is -0.599. The molecule has 158 valence electrons. The van der Waals surface area contributed by atoms with Gasteiger partial charge in [-0.25, -0.2) is 0 Å². The molecule has 0 bridgehead atoms. The lowest BCUT2D eigenvalue weighted by Crippen LogP contribution is -2.44. The summed E-state index contributed by atoms with van der Waals surface area (Å²) in [5, 5.41) is 3.14. The molecule has 2 aromatic carbocycles. The number of carbonyl (C=O) groups is 2. The van der Waals surface area contributed by atoms with Crippen LogP contribution in [0, 0.1) is 0 Å². The predicted octanol–water partition coefficient (Wildman–Crippen LogP) is 4.65. The fourth-order valence-corrected chi connectivity index (χ4v) is 4.65. The molecule has 1 N–H and O–H groups in total. The lowest BCUT2D eigenvalue weighted by Gasteiger charge is -2.36. The zero-order valence-electron chi connectivity index (χ0n) is 17.0. The highest BCUT2D eigenvalue weighted by Gasteiger charge is 2.41. The van der Waals surface area contributed by atoms with Gasteiger partial charge in [-0.05, 0) is 61.1 Å². The molecule has 0 radical (unpaired) electrons. The van der Waals surface area contributed by atoms with E-state index in [4.69, 9.17) is 4.74 Å². The molecule has 2 amide bonds. The quantitative estimate of drug-likeness (QED) is 0.691. The van der Waals surface area contributed by atoms with Gasteiger partial charge in [-0.3, -0.25) is 9.59 Å². The van der Waals surface area contributed by atoms with E-state index in [0.717, 1.165) is 40.7 Å². The Kier molecular flexibility index (Phi) is 6.54. The maximum absolute atomic E-state index is 13.5. The van der Waals surface area contributed by atoms with Crippen LogP contribution < -0.4 is 5.32 Å². The number of ether oxygens (including phenoxy) is 1. The van der Waals surface area contributed by atoms with Gasteiger partial charge >= 0.3 is 0 Å². The Balaban J connectivity index is 1.52. The summed E-state index contributed by atoms with van der Waals surface area (Å²) in [6.45, 7) is 2.54. The van der Waals surface area contributed by atoms with E-state index in [1.54, 1.807) is 0 Å². The number of hydrogen-bond donors (Lipinski definition) is 1. The number of nitrogens with zero attached hydrogens (tertiary/aromatic N) is 1. The Hall–Kier alpha value is -2.18. The summed E-state index contributed by atoms with van der Waals surface area (Å²) < 4.78 is 6.55. The molecule has 30 heavy (non-hydrogen) atoms. The third-order valence-corrected chi connectivity index (χ3v) is 6.69. The summed E-state index contributed by atoms with van der Waals surface area (Å²) in [5.74, 6) is 0.214. The first-order chi connectivity index (χ1) is 14.6. The minimum Gasteiger partial charge on any atom is -0.381 e. The summed E-state index contributed by atoms with van der Waals surface area (Å²) in [6.07, 6.45) is 3.98. The van der Waals surface area contributed by atoms with Crippen LogP contribution in [0.4, 0.5) is 5.69 Å². The van der Waals surface area contributed by atoms with Gasteiger partial charge in [0.15, 0.2) is 0 Å². The Labute approximate surface area is 185 Å². The predicted molar refractivity (Wildman–Crippen MR) is 120 cm³/mol. The van der Waals surface area contributed by atoms with Crippen molar-refractivity contribution in [3.63, 3.8) is 0 Å².